The van der Waals surface area contributed by atoms with Gasteiger partial charge >= 0.3 is 0 Å². The number of halogens is 1. The van der Waals surface area contributed by atoms with Gasteiger partial charge in [0.05, 0.1) is 0 Å². The molecule has 0 saturated carbocycles. The Bertz CT molecular complexity index is 685. The highest BCUT2D eigenvalue weighted by Gasteiger charge is 2.31. The summed E-state index contributed by atoms with van der Waals surface area (Å²) in [6, 6.07) is 18.6. The van der Waals surface area contributed by atoms with Gasteiger partial charge in [-0.1, -0.05) is 61.5 Å². The predicted molar refractivity (Wildman–Crippen MR) is 105 cm³/mol. The second-order valence-corrected chi connectivity index (χ2v) is 6.81. The van der Waals surface area contributed by atoms with E-state index in [1.165, 1.54) is 16.7 Å². The molecular weight excluding hydrogens is 332 g/mol. The second kappa shape index (κ2) is 9.02. The second-order valence-electron chi connectivity index (χ2n) is 6.81. The van der Waals surface area contributed by atoms with Crippen LogP contribution in [0.5, 0.6) is 0 Å². The van der Waals surface area contributed by atoms with Crippen LogP contribution < -0.4 is 5.32 Å². The van der Waals surface area contributed by atoms with E-state index in [-0.39, 0.29) is 24.2 Å². The Morgan fingerprint density at radius 1 is 1.08 bits per heavy atom. The Kier molecular flexibility index (Phi) is 7.03. The summed E-state index contributed by atoms with van der Waals surface area (Å²) in [5, 5.41) is 3.27. The maximum atomic E-state index is 13.1. The molecule has 0 bridgehead atoms. The first-order chi connectivity index (χ1) is 11.6. The third kappa shape index (κ3) is 4.83. The van der Waals surface area contributed by atoms with Crippen molar-refractivity contribution in [2.24, 2.45) is 11.8 Å². The van der Waals surface area contributed by atoms with Crippen molar-refractivity contribution in [2.75, 3.05) is 13.1 Å². The SMILES string of the molecule is Cc1ccccc1CN(Cc1ccccc1)C(=O)C(C)C1CNC1.Cl. The molecule has 1 N–H and O–H groups in total. The highest BCUT2D eigenvalue weighted by molar-refractivity contribution is 5.85. The normalized spacial score (nSPS) is 15.0. The van der Waals surface area contributed by atoms with Crippen LogP contribution in [-0.4, -0.2) is 23.9 Å². The van der Waals surface area contributed by atoms with Crippen molar-refractivity contribution in [3.8, 4) is 0 Å². The molecule has 3 rings (SSSR count). The number of nitrogens with one attached hydrogen (secondary N) is 1. The van der Waals surface area contributed by atoms with Crippen LogP contribution in [-0.2, 0) is 17.9 Å². The molecule has 1 fully saturated rings. The van der Waals surface area contributed by atoms with E-state index in [2.05, 4.69) is 43.4 Å². The van der Waals surface area contributed by atoms with E-state index in [9.17, 15) is 4.79 Å². The number of carbonyl (C=O) groups excluding carboxylic acids is 1. The standard InChI is InChI=1S/C21H26N2O.ClH/c1-16-8-6-7-11-19(16)15-23(14-18-9-4-3-5-10-18)21(24)17(2)20-12-22-13-20;/h3-11,17,20,22H,12-15H2,1-2H3;1H. The first-order valence-corrected chi connectivity index (χ1v) is 8.73. The topological polar surface area (TPSA) is 32.3 Å². The highest BCUT2D eigenvalue weighted by Crippen LogP contribution is 2.22. The molecule has 4 heteroatoms. The first-order valence-electron chi connectivity index (χ1n) is 8.73. The Hall–Kier alpha value is -1.84. The zero-order valence-corrected chi connectivity index (χ0v) is 15.8. The Morgan fingerprint density at radius 3 is 2.32 bits per heavy atom. The number of amides is 1. The van der Waals surface area contributed by atoms with Crippen LogP contribution in [0.15, 0.2) is 54.6 Å². The maximum absolute atomic E-state index is 13.1. The van der Waals surface area contributed by atoms with Gasteiger partial charge in [0.2, 0.25) is 5.91 Å². The molecule has 3 nitrogen and oxygen atoms in total. The fraction of sp³-hybridized carbons (Fsp3) is 0.381. The fourth-order valence-electron chi connectivity index (χ4n) is 3.16. The predicted octanol–water partition coefficient (Wildman–Crippen LogP) is 3.80. The molecule has 1 aliphatic rings. The number of benzene rings is 2. The zero-order valence-electron chi connectivity index (χ0n) is 14.9. The molecule has 0 aromatic heterocycles. The van der Waals surface area contributed by atoms with Crippen LogP contribution in [0.1, 0.15) is 23.6 Å². The van der Waals surface area contributed by atoms with Gasteiger partial charge in [-0.15, -0.1) is 12.4 Å². The monoisotopic (exact) mass is 358 g/mol. The van der Waals surface area contributed by atoms with Gasteiger partial charge in [-0.25, -0.2) is 0 Å². The van der Waals surface area contributed by atoms with Gasteiger partial charge in [-0.3, -0.25) is 4.79 Å². The van der Waals surface area contributed by atoms with E-state index in [1.54, 1.807) is 0 Å². The minimum atomic E-state index is 0. The van der Waals surface area contributed by atoms with Crippen LogP contribution >= 0.6 is 12.4 Å². The van der Waals surface area contributed by atoms with E-state index in [0.29, 0.717) is 19.0 Å². The van der Waals surface area contributed by atoms with E-state index >= 15 is 0 Å². The molecule has 1 heterocycles. The largest absolute Gasteiger partial charge is 0.334 e. The summed E-state index contributed by atoms with van der Waals surface area (Å²) in [6.45, 7) is 7.43. The molecule has 1 aliphatic heterocycles. The Morgan fingerprint density at radius 2 is 1.72 bits per heavy atom. The van der Waals surface area contributed by atoms with Gasteiger partial charge < -0.3 is 10.2 Å². The number of carbonyl (C=O) groups is 1. The van der Waals surface area contributed by atoms with Gasteiger partial charge in [-0.05, 0) is 42.6 Å². The molecule has 2 aromatic carbocycles. The van der Waals surface area contributed by atoms with Crippen molar-refractivity contribution in [2.45, 2.75) is 26.9 Å². The molecular formula is C21H27ClN2O. The van der Waals surface area contributed by atoms with Gasteiger partial charge in [0.25, 0.3) is 0 Å². The number of rotatable bonds is 6. The number of hydrogen-bond donors (Lipinski definition) is 1. The first kappa shape index (κ1) is 19.5. The average molecular weight is 359 g/mol. The molecule has 134 valence electrons. The summed E-state index contributed by atoms with van der Waals surface area (Å²) in [5.74, 6) is 0.792. The molecule has 1 unspecified atom stereocenters. The van der Waals surface area contributed by atoms with E-state index in [4.69, 9.17) is 0 Å². The van der Waals surface area contributed by atoms with Crippen LogP contribution in [0, 0.1) is 18.8 Å². The molecule has 1 amide bonds. The van der Waals surface area contributed by atoms with Gasteiger partial charge in [0.15, 0.2) is 0 Å². The minimum absolute atomic E-state index is 0. The van der Waals surface area contributed by atoms with Crippen LogP contribution in [0.3, 0.4) is 0 Å². The average Bonchev–Trinajstić information content (AvgIpc) is 2.55. The van der Waals surface area contributed by atoms with Crippen molar-refractivity contribution in [1.29, 1.82) is 0 Å². The number of aryl methyl sites for hydroxylation is 1. The molecule has 1 atom stereocenters. The summed E-state index contributed by atoms with van der Waals surface area (Å²) in [5.41, 5.74) is 3.64. The van der Waals surface area contributed by atoms with E-state index < -0.39 is 0 Å². The molecule has 1 saturated heterocycles. The molecule has 0 radical (unpaired) electrons. The summed E-state index contributed by atoms with van der Waals surface area (Å²) in [7, 11) is 0. The van der Waals surface area contributed by atoms with Crippen molar-refractivity contribution in [3.05, 3.63) is 71.3 Å². The fourth-order valence-corrected chi connectivity index (χ4v) is 3.16. The van der Waals surface area contributed by atoms with E-state index in [0.717, 1.165) is 13.1 Å². The van der Waals surface area contributed by atoms with Gasteiger partial charge in [-0.2, -0.15) is 0 Å². The third-order valence-corrected chi connectivity index (χ3v) is 5.06. The summed E-state index contributed by atoms with van der Waals surface area (Å²) < 4.78 is 0. The van der Waals surface area contributed by atoms with Crippen LogP contribution in [0.4, 0.5) is 0 Å². The lowest BCUT2D eigenvalue weighted by Gasteiger charge is -2.35. The summed E-state index contributed by atoms with van der Waals surface area (Å²) >= 11 is 0. The molecule has 0 aliphatic carbocycles. The lowest BCUT2D eigenvalue weighted by atomic mass is 9.87. The highest BCUT2D eigenvalue weighted by atomic mass is 35.5. The van der Waals surface area contributed by atoms with Crippen LogP contribution in [0.25, 0.3) is 0 Å². The quantitative estimate of drug-likeness (QED) is 0.851. The zero-order chi connectivity index (χ0) is 16.9. The number of hydrogen-bond acceptors (Lipinski definition) is 2. The van der Waals surface area contributed by atoms with Crippen LogP contribution in [0.2, 0.25) is 0 Å². The molecule has 0 spiro atoms. The third-order valence-electron chi connectivity index (χ3n) is 5.06. The summed E-state index contributed by atoms with van der Waals surface area (Å²) in [6.07, 6.45) is 0. The lowest BCUT2D eigenvalue weighted by Crippen LogP contribution is -2.50. The maximum Gasteiger partial charge on any atom is 0.226 e. The van der Waals surface area contributed by atoms with Crippen molar-refractivity contribution in [1.82, 2.24) is 10.2 Å². The molecule has 25 heavy (non-hydrogen) atoms. The van der Waals surface area contributed by atoms with Gasteiger partial charge in [0, 0.05) is 19.0 Å². The number of nitrogens with zero attached hydrogens (tertiary/aromatic N) is 1. The minimum Gasteiger partial charge on any atom is -0.334 e. The smallest absolute Gasteiger partial charge is 0.226 e. The lowest BCUT2D eigenvalue weighted by molar-refractivity contribution is -0.138. The van der Waals surface area contributed by atoms with Crippen molar-refractivity contribution in [3.63, 3.8) is 0 Å². The Balaban J connectivity index is 0.00000225. The molecule has 2 aromatic rings. The summed E-state index contributed by atoms with van der Waals surface area (Å²) in [4.78, 5) is 15.1. The van der Waals surface area contributed by atoms with Crippen molar-refractivity contribution < 1.29 is 4.79 Å². The van der Waals surface area contributed by atoms with Crippen molar-refractivity contribution >= 4 is 18.3 Å². The van der Waals surface area contributed by atoms with E-state index in [1.807, 2.05) is 35.2 Å². The van der Waals surface area contributed by atoms with Gasteiger partial charge in [0.1, 0.15) is 0 Å². The Labute approximate surface area is 156 Å².